The van der Waals surface area contributed by atoms with Gasteiger partial charge in [-0.05, 0) is 37.1 Å². The van der Waals surface area contributed by atoms with Crippen LogP contribution in [0.3, 0.4) is 0 Å². The molecule has 1 aromatic rings. The van der Waals surface area contributed by atoms with Gasteiger partial charge in [0.1, 0.15) is 0 Å². The topological polar surface area (TPSA) is 55.1 Å². The Morgan fingerprint density at radius 2 is 2.28 bits per heavy atom. The number of thiophene rings is 1. The number of nitrogens with one attached hydrogen (secondary N) is 1. The van der Waals surface area contributed by atoms with Crippen molar-refractivity contribution in [1.29, 1.82) is 0 Å². The van der Waals surface area contributed by atoms with Crippen LogP contribution in [0.4, 0.5) is 0 Å². The van der Waals surface area contributed by atoms with E-state index in [0.717, 1.165) is 25.7 Å². The molecule has 0 bridgehead atoms. The van der Waals surface area contributed by atoms with Gasteiger partial charge in [-0.3, -0.25) is 4.79 Å². The molecule has 1 fully saturated rings. The van der Waals surface area contributed by atoms with Gasteiger partial charge in [-0.1, -0.05) is 18.9 Å². The van der Waals surface area contributed by atoms with Crippen LogP contribution in [-0.4, -0.2) is 18.0 Å². The molecule has 4 heteroatoms. The van der Waals surface area contributed by atoms with Crippen molar-refractivity contribution in [3.63, 3.8) is 0 Å². The number of carbonyl (C=O) groups is 1. The van der Waals surface area contributed by atoms with Crippen molar-refractivity contribution < 1.29 is 4.79 Å². The SMILES string of the molecule is N[C@@H]1CCCC[C@H]1NC(=O)CCCc1cccs1. The van der Waals surface area contributed by atoms with E-state index in [1.807, 2.05) is 0 Å². The van der Waals surface area contributed by atoms with Crippen molar-refractivity contribution in [3.8, 4) is 0 Å². The highest BCUT2D eigenvalue weighted by molar-refractivity contribution is 7.09. The molecule has 1 aliphatic rings. The molecule has 0 radical (unpaired) electrons. The standard InChI is InChI=1S/C14H22N2OS/c15-12-7-1-2-8-13(12)16-14(17)9-3-5-11-6-4-10-18-11/h4,6,10,12-13H,1-3,5,7-9,15H2,(H,16,17)/t12-,13-/m1/s1. The molecule has 2 rings (SSSR count). The van der Waals surface area contributed by atoms with Crippen molar-refractivity contribution >= 4 is 17.2 Å². The summed E-state index contributed by atoms with van der Waals surface area (Å²) in [4.78, 5) is 13.2. The second-order valence-corrected chi connectivity index (χ2v) is 6.09. The summed E-state index contributed by atoms with van der Waals surface area (Å²) in [6, 6.07) is 4.54. The Kier molecular flexibility index (Phi) is 5.20. The van der Waals surface area contributed by atoms with Gasteiger partial charge < -0.3 is 11.1 Å². The molecule has 1 amide bonds. The van der Waals surface area contributed by atoms with Crippen molar-refractivity contribution in [2.24, 2.45) is 5.73 Å². The lowest BCUT2D eigenvalue weighted by atomic mass is 9.91. The number of aryl methyl sites for hydroxylation is 1. The Balaban J connectivity index is 1.65. The lowest BCUT2D eigenvalue weighted by Gasteiger charge is -2.29. The van der Waals surface area contributed by atoms with Crippen LogP contribution in [0.5, 0.6) is 0 Å². The van der Waals surface area contributed by atoms with Gasteiger partial charge in [0.15, 0.2) is 0 Å². The first-order chi connectivity index (χ1) is 8.75. The molecule has 1 saturated carbocycles. The van der Waals surface area contributed by atoms with Gasteiger partial charge >= 0.3 is 0 Å². The summed E-state index contributed by atoms with van der Waals surface area (Å²) in [6.45, 7) is 0. The zero-order chi connectivity index (χ0) is 12.8. The number of nitrogens with two attached hydrogens (primary N) is 1. The number of hydrogen-bond acceptors (Lipinski definition) is 3. The van der Waals surface area contributed by atoms with Gasteiger partial charge in [0, 0.05) is 23.4 Å². The fraction of sp³-hybridized carbons (Fsp3) is 0.643. The average molecular weight is 266 g/mol. The molecule has 1 aromatic heterocycles. The maximum absolute atomic E-state index is 11.8. The number of rotatable bonds is 5. The molecular formula is C14H22N2OS. The van der Waals surface area contributed by atoms with Crippen LogP contribution < -0.4 is 11.1 Å². The Hall–Kier alpha value is -0.870. The van der Waals surface area contributed by atoms with Crippen LogP contribution in [0, 0.1) is 0 Å². The Morgan fingerprint density at radius 1 is 1.44 bits per heavy atom. The largest absolute Gasteiger partial charge is 0.352 e. The Morgan fingerprint density at radius 3 is 3.00 bits per heavy atom. The summed E-state index contributed by atoms with van der Waals surface area (Å²) < 4.78 is 0. The molecule has 18 heavy (non-hydrogen) atoms. The number of hydrogen-bond donors (Lipinski definition) is 2. The van der Waals surface area contributed by atoms with Gasteiger partial charge in [0.05, 0.1) is 0 Å². The monoisotopic (exact) mass is 266 g/mol. The van der Waals surface area contributed by atoms with Crippen molar-refractivity contribution in [2.75, 3.05) is 0 Å². The molecule has 3 nitrogen and oxygen atoms in total. The number of carbonyl (C=O) groups excluding carboxylic acids is 1. The van der Waals surface area contributed by atoms with Crippen LogP contribution >= 0.6 is 11.3 Å². The summed E-state index contributed by atoms with van der Waals surface area (Å²) >= 11 is 1.76. The van der Waals surface area contributed by atoms with Crippen LogP contribution in [0.25, 0.3) is 0 Å². The molecule has 1 aliphatic carbocycles. The fourth-order valence-corrected chi connectivity index (χ4v) is 3.25. The van der Waals surface area contributed by atoms with E-state index in [-0.39, 0.29) is 18.0 Å². The third-order valence-corrected chi connectivity index (χ3v) is 4.51. The summed E-state index contributed by atoms with van der Waals surface area (Å²) in [7, 11) is 0. The molecular weight excluding hydrogens is 244 g/mol. The molecule has 0 unspecified atom stereocenters. The van der Waals surface area contributed by atoms with E-state index in [1.54, 1.807) is 11.3 Å². The Bertz CT molecular complexity index is 364. The fourth-order valence-electron chi connectivity index (χ4n) is 2.50. The highest BCUT2D eigenvalue weighted by atomic mass is 32.1. The smallest absolute Gasteiger partial charge is 0.220 e. The zero-order valence-corrected chi connectivity index (χ0v) is 11.5. The van der Waals surface area contributed by atoms with Gasteiger partial charge in [-0.2, -0.15) is 0 Å². The van der Waals surface area contributed by atoms with E-state index in [1.165, 1.54) is 17.7 Å². The molecule has 0 aromatic carbocycles. The van der Waals surface area contributed by atoms with Crippen molar-refractivity contribution in [1.82, 2.24) is 5.32 Å². The van der Waals surface area contributed by atoms with Crippen molar-refractivity contribution in [3.05, 3.63) is 22.4 Å². The first-order valence-corrected chi connectivity index (χ1v) is 7.71. The normalized spacial score (nSPS) is 23.8. The second-order valence-electron chi connectivity index (χ2n) is 5.06. The second kappa shape index (κ2) is 6.90. The van der Waals surface area contributed by atoms with E-state index < -0.39 is 0 Å². The Labute approximate surface area is 113 Å². The van der Waals surface area contributed by atoms with Gasteiger partial charge in [-0.25, -0.2) is 0 Å². The summed E-state index contributed by atoms with van der Waals surface area (Å²) in [5.74, 6) is 0.161. The molecule has 3 N–H and O–H groups in total. The predicted molar refractivity (Wildman–Crippen MR) is 75.6 cm³/mol. The van der Waals surface area contributed by atoms with Crippen LogP contribution in [0.15, 0.2) is 17.5 Å². The maximum atomic E-state index is 11.8. The molecule has 0 aliphatic heterocycles. The highest BCUT2D eigenvalue weighted by Crippen LogP contribution is 2.17. The minimum atomic E-state index is 0.153. The third-order valence-electron chi connectivity index (χ3n) is 3.57. The lowest BCUT2D eigenvalue weighted by Crippen LogP contribution is -2.49. The molecule has 0 spiro atoms. The zero-order valence-electron chi connectivity index (χ0n) is 10.7. The van der Waals surface area contributed by atoms with Crippen LogP contribution in [0.2, 0.25) is 0 Å². The highest BCUT2D eigenvalue weighted by Gasteiger charge is 2.22. The maximum Gasteiger partial charge on any atom is 0.220 e. The van der Waals surface area contributed by atoms with E-state index in [2.05, 4.69) is 22.8 Å². The molecule has 1 heterocycles. The predicted octanol–water partition coefficient (Wildman–Crippen LogP) is 2.46. The summed E-state index contributed by atoms with van der Waals surface area (Å²) in [5, 5.41) is 5.17. The van der Waals surface area contributed by atoms with E-state index in [9.17, 15) is 4.79 Å². The third kappa shape index (κ3) is 4.10. The first-order valence-electron chi connectivity index (χ1n) is 6.83. The summed E-state index contributed by atoms with van der Waals surface area (Å²) in [6.07, 6.45) is 7.01. The summed E-state index contributed by atoms with van der Waals surface area (Å²) in [5.41, 5.74) is 6.02. The van der Waals surface area contributed by atoms with Crippen LogP contribution in [-0.2, 0) is 11.2 Å². The first kappa shape index (κ1) is 13.6. The van der Waals surface area contributed by atoms with Crippen LogP contribution in [0.1, 0.15) is 43.4 Å². The molecule has 0 saturated heterocycles. The quantitative estimate of drug-likeness (QED) is 0.860. The molecule has 100 valence electrons. The van der Waals surface area contributed by atoms with Gasteiger partial charge in [-0.15, -0.1) is 11.3 Å². The minimum Gasteiger partial charge on any atom is -0.352 e. The number of amides is 1. The van der Waals surface area contributed by atoms with Crippen molar-refractivity contribution in [2.45, 2.75) is 57.0 Å². The lowest BCUT2D eigenvalue weighted by molar-refractivity contribution is -0.122. The van der Waals surface area contributed by atoms with Gasteiger partial charge in [0.25, 0.3) is 0 Å². The van der Waals surface area contributed by atoms with Gasteiger partial charge in [0.2, 0.25) is 5.91 Å². The average Bonchev–Trinajstić information content (AvgIpc) is 2.85. The molecule has 2 atom stereocenters. The van der Waals surface area contributed by atoms with E-state index in [0.29, 0.717) is 6.42 Å². The van der Waals surface area contributed by atoms with E-state index in [4.69, 9.17) is 5.73 Å². The van der Waals surface area contributed by atoms with E-state index >= 15 is 0 Å². The minimum absolute atomic E-state index is 0.153.